The molecule has 1 aromatic carbocycles. The number of anilines is 2. The van der Waals surface area contributed by atoms with E-state index in [-0.39, 0.29) is 0 Å². The first-order valence-corrected chi connectivity index (χ1v) is 9.24. The first-order chi connectivity index (χ1) is 12.3. The number of aryl methyl sites for hydroxylation is 2. The van der Waals surface area contributed by atoms with Crippen molar-refractivity contribution in [3.8, 4) is 11.4 Å². The zero-order chi connectivity index (χ0) is 17.2. The summed E-state index contributed by atoms with van der Waals surface area (Å²) in [6.07, 6.45) is 5.90. The van der Waals surface area contributed by atoms with Crippen molar-refractivity contribution >= 4 is 27.9 Å². The van der Waals surface area contributed by atoms with Crippen LogP contribution in [0.15, 0.2) is 48.1 Å². The third-order valence-electron chi connectivity index (χ3n) is 4.10. The van der Waals surface area contributed by atoms with Crippen LogP contribution in [0.4, 0.5) is 10.8 Å². The molecule has 3 aromatic heterocycles. The van der Waals surface area contributed by atoms with Crippen LogP contribution in [0.1, 0.15) is 24.6 Å². The van der Waals surface area contributed by atoms with Crippen LogP contribution in [0, 0.1) is 6.92 Å². The highest BCUT2D eigenvalue weighted by Crippen LogP contribution is 2.30. The number of thiazole rings is 1. The van der Waals surface area contributed by atoms with Gasteiger partial charge in [0.2, 0.25) is 5.78 Å². The third-order valence-corrected chi connectivity index (χ3v) is 4.86. The maximum atomic E-state index is 4.78. The highest BCUT2D eigenvalue weighted by atomic mass is 32.1. The SMILES string of the molecule is CCCc1ccccc1Nc1nc(-c2c(C)nc3ncccn23)cs1. The Hall–Kier alpha value is -2.73. The molecule has 0 bridgehead atoms. The van der Waals surface area contributed by atoms with Gasteiger partial charge in [-0.05, 0) is 31.0 Å². The van der Waals surface area contributed by atoms with Gasteiger partial charge in [-0.2, -0.15) is 0 Å². The van der Waals surface area contributed by atoms with Crippen LogP contribution < -0.4 is 5.32 Å². The number of para-hydroxylation sites is 1. The molecule has 0 aliphatic heterocycles. The lowest BCUT2D eigenvalue weighted by Gasteiger charge is -2.08. The standard InChI is InChI=1S/C19H19N5S/c1-3-7-14-8-4-5-9-15(14)22-19-23-16(12-25-19)17-13(2)21-18-20-10-6-11-24(17)18/h4-6,8-12H,3,7H2,1-2H3,(H,22,23). The molecule has 0 aliphatic rings. The number of benzene rings is 1. The number of nitrogens with zero attached hydrogens (tertiary/aromatic N) is 4. The van der Waals surface area contributed by atoms with E-state index in [9.17, 15) is 0 Å². The lowest BCUT2D eigenvalue weighted by atomic mass is 10.1. The topological polar surface area (TPSA) is 55.1 Å². The fourth-order valence-corrected chi connectivity index (χ4v) is 3.70. The predicted molar refractivity (Wildman–Crippen MR) is 103 cm³/mol. The van der Waals surface area contributed by atoms with Gasteiger partial charge < -0.3 is 5.32 Å². The van der Waals surface area contributed by atoms with Gasteiger partial charge in [-0.25, -0.2) is 15.0 Å². The van der Waals surface area contributed by atoms with Gasteiger partial charge in [0.15, 0.2) is 5.13 Å². The van der Waals surface area contributed by atoms with Gasteiger partial charge in [0.1, 0.15) is 5.69 Å². The molecular formula is C19H19N5S. The maximum Gasteiger partial charge on any atom is 0.234 e. The molecule has 25 heavy (non-hydrogen) atoms. The Morgan fingerprint density at radius 2 is 2.04 bits per heavy atom. The molecule has 4 aromatic rings. The van der Waals surface area contributed by atoms with Gasteiger partial charge in [-0.15, -0.1) is 11.3 Å². The van der Waals surface area contributed by atoms with Crippen molar-refractivity contribution in [3.05, 3.63) is 59.4 Å². The van der Waals surface area contributed by atoms with Crippen LogP contribution in [0.2, 0.25) is 0 Å². The smallest absolute Gasteiger partial charge is 0.234 e. The number of fused-ring (bicyclic) bond motifs is 1. The van der Waals surface area contributed by atoms with Crippen LogP contribution in [0.5, 0.6) is 0 Å². The van der Waals surface area contributed by atoms with Crippen molar-refractivity contribution in [1.82, 2.24) is 19.4 Å². The highest BCUT2D eigenvalue weighted by molar-refractivity contribution is 7.14. The highest BCUT2D eigenvalue weighted by Gasteiger charge is 2.15. The summed E-state index contributed by atoms with van der Waals surface area (Å²) in [6.45, 7) is 4.19. The second-order valence-electron chi connectivity index (χ2n) is 5.91. The van der Waals surface area contributed by atoms with E-state index in [4.69, 9.17) is 4.98 Å². The van der Waals surface area contributed by atoms with Crippen LogP contribution in [0.25, 0.3) is 17.2 Å². The van der Waals surface area contributed by atoms with E-state index < -0.39 is 0 Å². The van der Waals surface area contributed by atoms with E-state index in [1.54, 1.807) is 17.5 Å². The zero-order valence-corrected chi connectivity index (χ0v) is 15.0. The molecule has 0 amide bonds. The number of aromatic nitrogens is 4. The Balaban J connectivity index is 1.68. The maximum absolute atomic E-state index is 4.78. The summed E-state index contributed by atoms with van der Waals surface area (Å²) < 4.78 is 1.99. The molecular weight excluding hydrogens is 330 g/mol. The fourth-order valence-electron chi connectivity index (χ4n) is 2.99. The summed E-state index contributed by atoms with van der Waals surface area (Å²) in [5, 5.41) is 6.42. The van der Waals surface area contributed by atoms with Crippen LogP contribution in [-0.2, 0) is 6.42 Å². The Labute approximate surface area is 150 Å². The van der Waals surface area contributed by atoms with Gasteiger partial charge in [-0.3, -0.25) is 4.40 Å². The van der Waals surface area contributed by atoms with Crippen molar-refractivity contribution in [2.45, 2.75) is 26.7 Å². The largest absolute Gasteiger partial charge is 0.331 e. The molecule has 0 saturated carbocycles. The van der Waals surface area contributed by atoms with Gasteiger partial charge in [0.25, 0.3) is 0 Å². The Morgan fingerprint density at radius 1 is 1.16 bits per heavy atom. The minimum Gasteiger partial charge on any atom is -0.331 e. The van der Waals surface area contributed by atoms with Crippen molar-refractivity contribution < 1.29 is 0 Å². The minimum atomic E-state index is 0.700. The molecule has 0 aliphatic carbocycles. The number of hydrogen-bond donors (Lipinski definition) is 1. The van der Waals surface area contributed by atoms with Crippen molar-refractivity contribution in [3.63, 3.8) is 0 Å². The summed E-state index contributed by atoms with van der Waals surface area (Å²) in [4.78, 5) is 13.6. The summed E-state index contributed by atoms with van der Waals surface area (Å²) >= 11 is 1.60. The average molecular weight is 349 g/mol. The van der Waals surface area contributed by atoms with Gasteiger partial charge in [-0.1, -0.05) is 31.5 Å². The van der Waals surface area contributed by atoms with E-state index in [1.807, 2.05) is 23.6 Å². The van der Waals surface area contributed by atoms with Crippen molar-refractivity contribution in [2.24, 2.45) is 0 Å². The van der Waals surface area contributed by atoms with Crippen LogP contribution in [-0.4, -0.2) is 19.4 Å². The second kappa shape index (κ2) is 6.64. The van der Waals surface area contributed by atoms with E-state index >= 15 is 0 Å². The molecule has 5 nitrogen and oxygen atoms in total. The Bertz CT molecular complexity index is 1020. The Kier molecular flexibility index (Phi) is 4.19. The van der Waals surface area contributed by atoms with E-state index in [2.05, 4.69) is 51.9 Å². The van der Waals surface area contributed by atoms with Gasteiger partial charge >= 0.3 is 0 Å². The molecule has 0 radical (unpaired) electrons. The molecule has 0 spiro atoms. The molecule has 0 unspecified atom stereocenters. The monoisotopic (exact) mass is 349 g/mol. The fraction of sp³-hybridized carbons (Fsp3) is 0.211. The van der Waals surface area contributed by atoms with Gasteiger partial charge in [0, 0.05) is 23.5 Å². The van der Waals surface area contributed by atoms with Crippen LogP contribution in [0.3, 0.4) is 0 Å². The quantitative estimate of drug-likeness (QED) is 0.559. The average Bonchev–Trinajstić information content (AvgIpc) is 3.19. The molecule has 4 rings (SSSR count). The number of imidazole rings is 1. The van der Waals surface area contributed by atoms with E-state index in [0.717, 1.165) is 40.7 Å². The molecule has 3 heterocycles. The van der Waals surface area contributed by atoms with E-state index in [0.29, 0.717) is 5.78 Å². The number of hydrogen-bond acceptors (Lipinski definition) is 5. The van der Waals surface area contributed by atoms with E-state index in [1.165, 1.54) is 5.56 Å². The summed E-state index contributed by atoms with van der Waals surface area (Å²) in [6, 6.07) is 10.3. The third kappa shape index (κ3) is 3.00. The lowest BCUT2D eigenvalue weighted by Crippen LogP contribution is -1.96. The molecule has 126 valence electrons. The first kappa shape index (κ1) is 15.8. The normalized spacial score (nSPS) is 11.1. The summed E-state index contributed by atoms with van der Waals surface area (Å²) in [5.74, 6) is 0.700. The van der Waals surface area contributed by atoms with Gasteiger partial charge in [0.05, 0.1) is 11.4 Å². The van der Waals surface area contributed by atoms with Crippen molar-refractivity contribution in [1.29, 1.82) is 0 Å². The first-order valence-electron chi connectivity index (χ1n) is 8.36. The lowest BCUT2D eigenvalue weighted by molar-refractivity contribution is 0.923. The second-order valence-corrected chi connectivity index (χ2v) is 6.76. The minimum absolute atomic E-state index is 0.700. The number of nitrogens with one attached hydrogen (secondary N) is 1. The molecule has 1 N–H and O–H groups in total. The molecule has 0 fully saturated rings. The summed E-state index contributed by atoms with van der Waals surface area (Å²) in [7, 11) is 0. The Morgan fingerprint density at radius 3 is 2.92 bits per heavy atom. The zero-order valence-electron chi connectivity index (χ0n) is 14.2. The molecule has 0 atom stereocenters. The number of rotatable bonds is 5. The molecule has 6 heteroatoms. The predicted octanol–water partition coefficient (Wildman–Crippen LogP) is 4.86. The summed E-state index contributed by atoms with van der Waals surface area (Å²) in [5.41, 5.74) is 5.29. The van der Waals surface area contributed by atoms with Crippen molar-refractivity contribution in [2.75, 3.05) is 5.32 Å². The molecule has 0 saturated heterocycles. The van der Waals surface area contributed by atoms with Crippen LogP contribution >= 0.6 is 11.3 Å².